The molecule has 4 rings (SSSR count). The Bertz CT molecular complexity index is 680. The molecule has 2 atom stereocenters. The van der Waals surface area contributed by atoms with E-state index in [0.717, 1.165) is 28.3 Å². The Morgan fingerprint density at radius 1 is 1.24 bits per heavy atom. The number of hydrogen-bond acceptors (Lipinski definition) is 4. The van der Waals surface area contributed by atoms with Crippen LogP contribution in [-0.4, -0.2) is 17.0 Å². The maximum atomic E-state index is 6.12. The number of nitrogen functional groups attached to an aromatic ring is 1. The lowest BCUT2D eigenvalue weighted by Crippen LogP contribution is -2.04. The largest absolute Gasteiger partial charge is 0.454 e. The van der Waals surface area contributed by atoms with E-state index in [4.69, 9.17) is 15.2 Å². The van der Waals surface area contributed by atoms with Crippen LogP contribution in [0.25, 0.3) is 11.1 Å². The van der Waals surface area contributed by atoms with Gasteiger partial charge in [0, 0.05) is 17.2 Å². The highest BCUT2D eigenvalue weighted by atomic mass is 16.7. The predicted molar refractivity (Wildman–Crippen MR) is 80.3 cm³/mol. The van der Waals surface area contributed by atoms with Gasteiger partial charge in [-0.3, -0.25) is 5.10 Å². The third kappa shape index (κ3) is 1.95. The second kappa shape index (κ2) is 4.69. The Morgan fingerprint density at radius 2 is 2.10 bits per heavy atom. The van der Waals surface area contributed by atoms with Crippen LogP contribution in [0.3, 0.4) is 0 Å². The van der Waals surface area contributed by atoms with E-state index in [0.29, 0.717) is 17.7 Å². The van der Waals surface area contributed by atoms with Gasteiger partial charge in [-0.05, 0) is 30.0 Å². The molecule has 2 aromatic rings. The van der Waals surface area contributed by atoms with Gasteiger partial charge in [0.05, 0.1) is 0 Å². The highest BCUT2D eigenvalue weighted by Gasteiger charge is 2.30. The first-order chi connectivity index (χ1) is 10.2. The molecule has 3 N–H and O–H groups in total. The molecule has 0 radical (unpaired) electrons. The van der Waals surface area contributed by atoms with Crippen LogP contribution >= 0.6 is 0 Å². The van der Waals surface area contributed by atoms with Crippen LogP contribution in [0.1, 0.15) is 37.8 Å². The average Bonchev–Trinajstić information content (AvgIpc) is 3.17. The Kier molecular flexibility index (Phi) is 2.80. The zero-order chi connectivity index (χ0) is 14.4. The van der Waals surface area contributed by atoms with E-state index in [9.17, 15) is 0 Å². The molecule has 1 saturated carbocycles. The quantitative estimate of drug-likeness (QED) is 0.888. The molecule has 1 aliphatic heterocycles. The fourth-order valence-corrected chi connectivity index (χ4v) is 3.57. The number of ether oxygens (including phenoxy) is 2. The average molecular weight is 285 g/mol. The van der Waals surface area contributed by atoms with Gasteiger partial charge in [-0.15, -0.1) is 0 Å². The van der Waals surface area contributed by atoms with Crippen molar-refractivity contribution in [2.24, 2.45) is 5.92 Å². The molecule has 1 aliphatic carbocycles. The molecule has 0 spiro atoms. The molecule has 5 nitrogen and oxygen atoms in total. The summed E-state index contributed by atoms with van der Waals surface area (Å²) in [5.74, 6) is 3.30. The van der Waals surface area contributed by atoms with E-state index in [1.54, 1.807) is 0 Å². The molecule has 2 unspecified atom stereocenters. The summed E-state index contributed by atoms with van der Waals surface area (Å²) in [5.41, 5.74) is 9.34. The van der Waals surface area contributed by atoms with Gasteiger partial charge >= 0.3 is 0 Å². The number of benzene rings is 1. The van der Waals surface area contributed by atoms with Crippen LogP contribution in [0, 0.1) is 5.92 Å². The third-order valence-electron chi connectivity index (χ3n) is 4.72. The molecule has 1 aromatic carbocycles. The third-order valence-corrected chi connectivity index (χ3v) is 4.72. The van der Waals surface area contributed by atoms with Gasteiger partial charge in [0.25, 0.3) is 0 Å². The van der Waals surface area contributed by atoms with Crippen molar-refractivity contribution in [2.75, 3.05) is 12.5 Å². The highest BCUT2D eigenvalue weighted by molar-refractivity contribution is 5.78. The fraction of sp³-hybridized carbons (Fsp3) is 0.438. The van der Waals surface area contributed by atoms with Gasteiger partial charge in [0.15, 0.2) is 17.3 Å². The second-order valence-corrected chi connectivity index (χ2v) is 5.98. The van der Waals surface area contributed by atoms with Gasteiger partial charge in [-0.2, -0.15) is 5.10 Å². The standard InChI is InChI=1S/C16H19N3O2/c1-9-3-2-4-11(9)15-14(16(17)19-18-15)10-5-6-12-13(7-10)21-8-20-12/h5-7,9,11H,2-4,8H2,1H3,(H3,17,18,19). The van der Waals surface area contributed by atoms with Gasteiger partial charge in [-0.25, -0.2) is 0 Å². The molecule has 1 aromatic heterocycles. The summed E-state index contributed by atoms with van der Waals surface area (Å²) in [4.78, 5) is 0. The zero-order valence-electron chi connectivity index (χ0n) is 12.1. The molecule has 110 valence electrons. The summed E-state index contributed by atoms with van der Waals surface area (Å²) >= 11 is 0. The summed E-state index contributed by atoms with van der Waals surface area (Å²) in [6.07, 6.45) is 3.73. The SMILES string of the molecule is CC1CCCC1c1[nH]nc(N)c1-c1ccc2c(c1)OCO2. The van der Waals surface area contributed by atoms with Crippen molar-refractivity contribution in [3.8, 4) is 22.6 Å². The first-order valence-corrected chi connectivity index (χ1v) is 7.48. The smallest absolute Gasteiger partial charge is 0.231 e. The lowest BCUT2D eigenvalue weighted by Gasteiger charge is -2.16. The van der Waals surface area contributed by atoms with Gasteiger partial charge in [0.2, 0.25) is 6.79 Å². The first kappa shape index (κ1) is 12.6. The molecule has 0 saturated heterocycles. The van der Waals surface area contributed by atoms with Crippen LogP contribution in [-0.2, 0) is 0 Å². The first-order valence-electron chi connectivity index (χ1n) is 7.48. The number of aromatic amines is 1. The minimum absolute atomic E-state index is 0.284. The predicted octanol–water partition coefficient (Wildman–Crippen LogP) is 3.29. The van der Waals surface area contributed by atoms with E-state index < -0.39 is 0 Å². The van der Waals surface area contributed by atoms with E-state index in [1.165, 1.54) is 19.3 Å². The Morgan fingerprint density at radius 3 is 2.90 bits per heavy atom. The van der Waals surface area contributed by atoms with Crippen molar-refractivity contribution in [1.29, 1.82) is 0 Å². The van der Waals surface area contributed by atoms with E-state index in [-0.39, 0.29) is 6.79 Å². The van der Waals surface area contributed by atoms with E-state index in [1.807, 2.05) is 18.2 Å². The molecule has 2 heterocycles. The fourth-order valence-electron chi connectivity index (χ4n) is 3.57. The minimum Gasteiger partial charge on any atom is -0.454 e. The molecule has 21 heavy (non-hydrogen) atoms. The Labute approximate surface area is 123 Å². The number of nitrogens with two attached hydrogens (primary N) is 1. The summed E-state index contributed by atoms with van der Waals surface area (Å²) in [6.45, 7) is 2.59. The molecular formula is C16H19N3O2. The van der Waals surface area contributed by atoms with Crippen molar-refractivity contribution in [3.63, 3.8) is 0 Å². The maximum absolute atomic E-state index is 6.12. The second-order valence-electron chi connectivity index (χ2n) is 5.98. The molecule has 0 bridgehead atoms. The van der Waals surface area contributed by atoms with E-state index in [2.05, 4.69) is 17.1 Å². The van der Waals surface area contributed by atoms with Crippen molar-refractivity contribution in [3.05, 3.63) is 23.9 Å². The summed E-state index contributed by atoms with van der Waals surface area (Å²) in [5, 5.41) is 7.41. The number of aromatic nitrogens is 2. The normalized spacial score (nSPS) is 23.7. The van der Waals surface area contributed by atoms with Crippen LogP contribution in [0.5, 0.6) is 11.5 Å². The molecular weight excluding hydrogens is 266 g/mol. The number of nitrogens with zero attached hydrogens (tertiary/aromatic N) is 1. The molecule has 5 heteroatoms. The van der Waals surface area contributed by atoms with E-state index >= 15 is 0 Å². The Hall–Kier alpha value is -2.17. The van der Waals surface area contributed by atoms with Crippen LogP contribution in [0.2, 0.25) is 0 Å². The zero-order valence-corrected chi connectivity index (χ0v) is 12.1. The van der Waals surface area contributed by atoms with Crippen molar-refractivity contribution in [1.82, 2.24) is 10.2 Å². The van der Waals surface area contributed by atoms with Gasteiger partial charge in [0.1, 0.15) is 0 Å². The summed E-state index contributed by atoms with van der Waals surface area (Å²) in [6, 6.07) is 5.95. The Balaban J connectivity index is 1.79. The van der Waals surface area contributed by atoms with Crippen LogP contribution < -0.4 is 15.2 Å². The number of rotatable bonds is 2. The van der Waals surface area contributed by atoms with Gasteiger partial charge in [-0.1, -0.05) is 25.8 Å². The molecule has 1 fully saturated rings. The monoisotopic (exact) mass is 285 g/mol. The highest BCUT2D eigenvalue weighted by Crippen LogP contribution is 2.45. The van der Waals surface area contributed by atoms with Crippen LogP contribution in [0.4, 0.5) is 5.82 Å². The van der Waals surface area contributed by atoms with Crippen molar-refractivity contribution in [2.45, 2.75) is 32.1 Å². The number of hydrogen-bond donors (Lipinski definition) is 2. The topological polar surface area (TPSA) is 73.2 Å². The maximum Gasteiger partial charge on any atom is 0.231 e. The van der Waals surface area contributed by atoms with Crippen molar-refractivity contribution >= 4 is 5.82 Å². The lowest BCUT2D eigenvalue weighted by molar-refractivity contribution is 0.174. The minimum atomic E-state index is 0.284. The summed E-state index contributed by atoms with van der Waals surface area (Å²) in [7, 11) is 0. The molecule has 0 amide bonds. The van der Waals surface area contributed by atoms with Crippen LogP contribution in [0.15, 0.2) is 18.2 Å². The van der Waals surface area contributed by atoms with Gasteiger partial charge < -0.3 is 15.2 Å². The van der Waals surface area contributed by atoms with Crippen molar-refractivity contribution < 1.29 is 9.47 Å². The molecule has 2 aliphatic rings. The number of nitrogens with one attached hydrogen (secondary N) is 1. The number of H-pyrrole nitrogens is 1. The summed E-state index contributed by atoms with van der Waals surface area (Å²) < 4.78 is 10.8. The number of fused-ring (bicyclic) bond motifs is 1. The number of anilines is 1. The lowest BCUT2D eigenvalue weighted by atomic mass is 9.90.